The van der Waals surface area contributed by atoms with Crippen molar-refractivity contribution in [2.24, 2.45) is 0 Å². The first kappa shape index (κ1) is 16.8. The molecule has 1 amide bonds. The molecule has 0 bridgehead atoms. The number of hydrogen-bond donors (Lipinski definition) is 2. The van der Waals surface area contributed by atoms with Crippen LogP contribution in [0.2, 0.25) is 5.02 Å². The fourth-order valence-corrected chi connectivity index (χ4v) is 3.69. The Morgan fingerprint density at radius 1 is 1.11 bits per heavy atom. The normalized spacial score (nSPS) is 17.2. The first-order valence-electron chi connectivity index (χ1n) is 8.68. The van der Waals surface area contributed by atoms with Gasteiger partial charge in [0, 0.05) is 28.1 Å². The number of carbonyl (C=O) groups is 2. The number of halogens is 1. The van der Waals surface area contributed by atoms with Crippen molar-refractivity contribution in [2.45, 2.75) is 12.3 Å². The smallest absolute Gasteiger partial charge is 0.231 e. The third kappa shape index (κ3) is 2.71. The van der Waals surface area contributed by atoms with E-state index in [0.717, 1.165) is 5.56 Å². The molecule has 0 unspecified atom stereocenters. The van der Waals surface area contributed by atoms with Crippen LogP contribution in [0.15, 0.2) is 42.5 Å². The van der Waals surface area contributed by atoms with E-state index in [1.54, 1.807) is 30.3 Å². The molecule has 0 saturated carbocycles. The molecule has 0 fully saturated rings. The van der Waals surface area contributed by atoms with Gasteiger partial charge in [-0.25, -0.2) is 0 Å². The number of nitrogens with zero attached hydrogens (tertiary/aromatic N) is 1. The first-order valence-corrected chi connectivity index (χ1v) is 9.06. The summed E-state index contributed by atoms with van der Waals surface area (Å²) in [6.45, 7) is 0.130. The lowest BCUT2D eigenvalue weighted by atomic mass is 9.84. The van der Waals surface area contributed by atoms with E-state index in [-0.39, 0.29) is 24.9 Å². The van der Waals surface area contributed by atoms with E-state index in [9.17, 15) is 9.59 Å². The summed E-state index contributed by atoms with van der Waals surface area (Å²) in [7, 11) is 0. The lowest BCUT2D eigenvalue weighted by Gasteiger charge is -2.22. The van der Waals surface area contributed by atoms with Crippen molar-refractivity contribution in [3.8, 4) is 22.8 Å². The lowest BCUT2D eigenvalue weighted by Crippen LogP contribution is -2.27. The number of H-pyrrole nitrogens is 1. The molecule has 3 heterocycles. The number of ether oxygens (including phenoxy) is 2. The van der Waals surface area contributed by atoms with Gasteiger partial charge >= 0.3 is 0 Å². The van der Waals surface area contributed by atoms with Gasteiger partial charge in [-0.2, -0.15) is 5.10 Å². The molecular weight excluding hydrogens is 382 g/mol. The predicted molar refractivity (Wildman–Crippen MR) is 102 cm³/mol. The zero-order valence-electron chi connectivity index (χ0n) is 14.5. The minimum Gasteiger partial charge on any atom is -0.454 e. The van der Waals surface area contributed by atoms with E-state index in [4.69, 9.17) is 21.1 Å². The number of Topliss-reactive ketones (excluding diaryl/α,β-unsaturated/α-hetero) is 1. The van der Waals surface area contributed by atoms with Crippen LogP contribution in [-0.4, -0.2) is 28.7 Å². The van der Waals surface area contributed by atoms with Crippen molar-refractivity contribution in [1.82, 2.24) is 10.2 Å². The second kappa shape index (κ2) is 6.38. The van der Waals surface area contributed by atoms with Gasteiger partial charge in [-0.1, -0.05) is 23.7 Å². The van der Waals surface area contributed by atoms with Crippen LogP contribution >= 0.6 is 11.6 Å². The number of aromatic amines is 1. The maximum atomic E-state index is 13.3. The molecule has 3 aromatic rings. The Hall–Kier alpha value is -3.32. The fraction of sp³-hybridized carbons (Fsp3) is 0.150. The van der Waals surface area contributed by atoms with E-state index in [1.807, 2.05) is 12.1 Å². The van der Waals surface area contributed by atoms with Gasteiger partial charge in [0.05, 0.1) is 11.6 Å². The van der Waals surface area contributed by atoms with Crippen LogP contribution in [-0.2, 0) is 4.79 Å². The fourth-order valence-electron chi connectivity index (χ4n) is 3.57. The average Bonchev–Trinajstić information content (AvgIpc) is 3.33. The van der Waals surface area contributed by atoms with Gasteiger partial charge in [-0.05, 0) is 30.3 Å². The average molecular weight is 396 g/mol. The monoisotopic (exact) mass is 395 g/mol. The minimum atomic E-state index is -0.659. The molecular formula is C20H14ClN3O4. The summed E-state index contributed by atoms with van der Waals surface area (Å²) in [4.78, 5) is 25.5. The molecule has 28 heavy (non-hydrogen) atoms. The highest BCUT2D eigenvalue weighted by molar-refractivity contribution is 6.30. The number of rotatable bonds is 3. The van der Waals surface area contributed by atoms with Crippen LogP contribution in [0.3, 0.4) is 0 Å². The van der Waals surface area contributed by atoms with Crippen LogP contribution in [0, 0.1) is 0 Å². The third-order valence-electron chi connectivity index (χ3n) is 4.91. The molecule has 2 aromatic carbocycles. The molecule has 2 N–H and O–H groups in total. The van der Waals surface area contributed by atoms with Crippen LogP contribution in [0.4, 0.5) is 5.82 Å². The number of fused-ring (bicyclic) bond motifs is 2. The number of amides is 1. The zero-order valence-corrected chi connectivity index (χ0v) is 15.2. The molecule has 0 spiro atoms. The molecule has 0 radical (unpaired) electrons. The number of nitrogens with one attached hydrogen (secondary N) is 2. The summed E-state index contributed by atoms with van der Waals surface area (Å²) < 4.78 is 10.7. The molecule has 0 saturated heterocycles. The Balaban J connectivity index is 1.58. The van der Waals surface area contributed by atoms with Gasteiger partial charge in [0.1, 0.15) is 0 Å². The molecule has 7 nitrogen and oxygen atoms in total. The number of anilines is 1. The van der Waals surface area contributed by atoms with Crippen molar-refractivity contribution in [1.29, 1.82) is 0 Å². The van der Waals surface area contributed by atoms with Crippen LogP contribution in [0.1, 0.15) is 28.3 Å². The van der Waals surface area contributed by atoms with Gasteiger partial charge in [-0.3, -0.25) is 14.7 Å². The maximum absolute atomic E-state index is 13.3. The van der Waals surface area contributed by atoms with Gasteiger partial charge < -0.3 is 14.8 Å². The molecule has 140 valence electrons. The maximum Gasteiger partial charge on any atom is 0.231 e. The topological polar surface area (TPSA) is 93.3 Å². The standard InChI is InChI=1S/C20H14ClN3O4/c21-12-4-1-10(2-5-12)18-17-13(8-16(25)22-20(17)24-23-18)19(26)11-3-6-14-15(7-11)28-9-27-14/h1-7,13H,8-9H2,(H2,22,23,24,25)/t13-/m1/s1. The largest absolute Gasteiger partial charge is 0.454 e. The van der Waals surface area contributed by atoms with E-state index >= 15 is 0 Å². The van der Waals surface area contributed by atoms with E-state index in [0.29, 0.717) is 39.2 Å². The molecule has 2 aliphatic heterocycles. The van der Waals surface area contributed by atoms with Crippen LogP contribution in [0.25, 0.3) is 11.3 Å². The third-order valence-corrected chi connectivity index (χ3v) is 5.16. The Bertz CT molecular complexity index is 1110. The Morgan fingerprint density at radius 3 is 2.71 bits per heavy atom. The van der Waals surface area contributed by atoms with Crippen molar-refractivity contribution >= 4 is 29.1 Å². The summed E-state index contributed by atoms with van der Waals surface area (Å²) in [5.41, 5.74) is 2.64. The highest BCUT2D eigenvalue weighted by Crippen LogP contribution is 2.41. The van der Waals surface area contributed by atoms with E-state index in [1.165, 1.54) is 0 Å². The number of benzene rings is 2. The molecule has 0 aliphatic carbocycles. The van der Waals surface area contributed by atoms with Crippen LogP contribution in [0.5, 0.6) is 11.5 Å². The summed E-state index contributed by atoms with van der Waals surface area (Å²) in [6, 6.07) is 12.3. The Morgan fingerprint density at radius 2 is 1.89 bits per heavy atom. The molecule has 5 rings (SSSR count). The minimum absolute atomic E-state index is 0.0421. The van der Waals surface area contributed by atoms with Crippen molar-refractivity contribution in [2.75, 3.05) is 12.1 Å². The zero-order chi connectivity index (χ0) is 19.3. The van der Waals surface area contributed by atoms with Crippen molar-refractivity contribution < 1.29 is 19.1 Å². The van der Waals surface area contributed by atoms with Gasteiger partial charge in [0.25, 0.3) is 0 Å². The Labute approximate surface area is 164 Å². The number of hydrogen-bond acceptors (Lipinski definition) is 5. The van der Waals surface area contributed by atoms with Crippen LogP contribution < -0.4 is 14.8 Å². The number of aromatic nitrogens is 2. The van der Waals surface area contributed by atoms with E-state index < -0.39 is 5.92 Å². The highest BCUT2D eigenvalue weighted by atomic mass is 35.5. The molecule has 2 aliphatic rings. The van der Waals surface area contributed by atoms with Gasteiger partial charge in [0.2, 0.25) is 12.7 Å². The highest BCUT2D eigenvalue weighted by Gasteiger charge is 2.36. The second-order valence-electron chi connectivity index (χ2n) is 6.60. The lowest BCUT2D eigenvalue weighted by molar-refractivity contribution is -0.116. The van der Waals surface area contributed by atoms with Crippen molar-refractivity contribution in [3.05, 3.63) is 58.6 Å². The predicted octanol–water partition coefficient (Wildman–Crippen LogP) is 3.77. The summed E-state index contributed by atoms with van der Waals surface area (Å²) in [6.07, 6.45) is 0.0421. The molecule has 8 heteroatoms. The summed E-state index contributed by atoms with van der Waals surface area (Å²) in [5, 5.41) is 10.5. The Kier molecular flexibility index (Phi) is 3.84. The second-order valence-corrected chi connectivity index (χ2v) is 7.04. The van der Waals surface area contributed by atoms with Gasteiger partial charge in [0.15, 0.2) is 23.1 Å². The van der Waals surface area contributed by atoms with Crippen molar-refractivity contribution in [3.63, 3.8) is 0 Å². The molecule has 1 aromatic heterocycles. The number of carbonyl (C=O) groups excluding carboxylic acids is 2. The number of ketones is 1. The summed E-state index contributed by atoms with van der Waals surface area (Å²) >= 11 is 5.98. The van der Waals surface area contributed by atoms with Gasteiger partial charge in [-0.15, -0.1) is 0 Å². The van der Waals surface area contributed by atoms with E-state index in [2.05, 4.69) is 15.5 Å². The SMILES string of the molecule is O=C1C[C@@H](C(=O)c2ccc3c(c2)OCO3)c2c(n[nH]c2-c2ccc(Cl)cc2)N1. The molecule has 1 atom stereocenters. The summed E-state index contributed by atoms with van der Waals surface area (Å²) in [5.74, 6) is 0.417. The quantitative estimate of drug-likeness (QED) is 0.658. The first-order chi connectivity index (χ1) is 13.6.